The van der Waals surface area contributed by atoms with Crippen LogP contribution in [-0.4, -0.2) is 6.61 Å². The summed E-state index contributed by atoms with van der Waals surface area (Å²) >= 11 is 0. The molecule has 1 aromatic carbocycles. The lowest BCUT2D eigenvalue weighted by molar-refractivity contribution is 0.261. The highest BCUT2D eigenvalue weighted by Crippen LogP contribution is 2.25. The average molecular weight is 232 g/mol. The van der Waals surface area contributed by atoms with Crippen molar-refractivity contribution in [3.8, 4) is 11.8 Å². The number of ether oxygens (including phenoxy) is 1. The monoisotopic (exact) mass is 232 g/mol. The molecule has 0 amide bonds. The molecule has 0 aliphatic rings. The first-order valence-electron chi connectivity index (χ1n) is 5.85. The van der Waals surface area contributed by atoms with E-state index in [1.807, 2.05) is 45.0 Å². The van der Waals surface area contributed by atoms with Gasteiger partial charge >= 0.3 is 0 Å². The van der Waals surface area contributed by atoms with Crippen molar-refractivity contribution in [2.75, 3.05) is 6.61 Å². The van der Waals surface area contributed by atoms with Crippen LogP contribution in [-0.2, 0) is 0 Å². The summed E-state index contributed by atoms with van der Waals surface area (Å²) in [4.78, 5) is 0. The Balaban J connectivity index is 2.62. The van der Waals surface area contributed by atoms with Crippen molar-refractivity contribution in [3.05, 3.63) is 29.8 Å². The van der Waals surface area contributed by atoms with Crippen molar-refractivity contribution in [1.82, 2.24) is 0 Å². The SMILES string of the molecule is C[C@H](N)c1ccccc1OCCC(C)(C)C#N. The molecule has 0 bridgehead atoms. The summed E-state index contributed by atoms with van der Waals surface area (Å²) in [6.07, 6.45) is 0.705. The minimum atomic E-state index is -0.344. The van der Waals surface area contributed by atoms with Crippen LogP contribution in [0.4, 0.5) is 0 Å². The van der Waals surface area contributed by atoms with Gasteiger partial charge < -0.3 is 10.5 Å². The molecule has 0 saturated carbocycles. The van der Waals surface area contributed by atoms with Gasteiger partial charge in [0, 0.05) is 11.6 Å². The maximum atomic E-state index is 8.91. The molecule has 3 nitrogen and oxygen atoms in total. The van der Waals surface area contributed by atoms with Crippen molar-refractivity contribution in [2.45, 2.75) is 33.2 Å². The van der Waals surface area contributed by atoms with Gasteiger partial charge in [-0.1, -0.05) is 18.2 Å². The summed E-state index contributed by atoms with van der Waals surface area (Å²) in [7, 11) is 0. The van der Waals surface area contributed by atoms with Crippen LogP contribution in [0.2, 0.25) is 0 Å². The number of nitrogens with two attached hydrogens (primary N) is 1. The van der Waals surface area contributed by atoms with E-state index in [2.05, 4.69) is 6.07 Å². The van der Waals surface area contributed by atoms with E-state index < -0.39 is 0 Å². The van der Waals surface area contributed by atoms with Crippen LogP contribution in [0.1, 0.15) is 38.8 Å². The van der Waals surface area contributed by atoms with E-state index in [4.69, 9.17) is 15.7 Å². The fourth-order valence-corrected chi connectivity index (χ4v) is 1.46. The van der Waals surface area contributed by atoms with Crippen LogP contribution < -0.4 is 10.5 Å². The second-order valence-electron chi connectivity index (χ2n) is 4.92. The summed E-state index contributed by atoms with van der Waals surface area (Å²) in [5.74, 6) is 0.816. The van der Waals surface area contributed by atoms with E-state index in [9.17, 15) is 0 Å². The number of hydrogen-bond donors (Lipinski definition) is 1. The first-order valence-corrected chi connectivity index (χ1v) is 5.85. The Morgan fingerprint density at radius 2 is 2.06 bits per heavy atom. The second-order valence-corrected chi connectivity index (χ2v) is 4.92. The maximum absolute atomic E-state index is 8.91. The van der Waals surface area contributed by atoms with Gasteiger partial charge in [0.2, 0.25) is 0 Å². The van der Waals surface area contributed by atoms with Crippen molar-refractivity contribution >= 4 is 0 Å². The summed E-state index contributed by atoms with van der Waals surface area (Å²) in [6, 6.07) is 9.97. The molecular formula is C14H20N2O. The van der Waals surface area contributed by atoms with E-state index in [1.54, 1.807) is 0 Å². The molecule has 0 spiro atoms. The van der Waals surface area contributed by atoms with E-state index in [-0.39, 0.29) is 11.5 Å². The Labute approximate surface area is 103 Å². The van der Waals surface area contributed by atoms with E-state index in [1.165, 1.54) is 0 Å². The van der Waals surface area contributed by atoms with Gasteiger partial charge in [0.15, 0.2) is 0 Å². The highest BCUT2D eigenvalue weighted by molar-refractivity contribution is 5.35. The molecule has 0 saturated heterocycles. The molecule has 0 radical (unpaired) electrons. The summed E-state index contributed by atoms with van der Waals surface area (Å²) in [6.45, 7) is 6.29. The van der Waals surface area contributed by atoms with Crippen LogP contribution in [0, 0.1) is 16.7 Å². The molecule has 0 aliphatic carbocycles. The number of benzene rings is 1. The second kappa shape index (κ2) is 5.70. The average Bonchev–Trinajstić information content (AvgIpc) is 2.29. The third-order valence-electron chi connectivity index (χ3n) is 2.70. The molecule has 3 heteroatoms. The van der Waals surface area contributed by atoms with Crippen molar-refractivity contribution in [3.63, 3.8) is 0 Å². The minimum absolute atomic E-state index is 0.0461. The number of rotatable bonds is 5. The molecule has 92 valence electrons. The molecule has 0 heterocycles. The van der Waals surface area contributed by atoms with Crippen molar-refractivity contribution < 1.29 is 4.74 Å². The fourth-order valence-electron chi connectivity index (χ4n) is 1.46. The normalized spacial score (nSPS) is 12.9. The number of nitrogens with zero attached hydrogens (tertiary/aromatic N) is 1. The van der Waals surface area contributed by atoms with Gasteiger partial charge in [-0.25, -0.2) is 0 Å². The van der Waals surface area contributed by atoms with Gasteiger partial charge in [-0.15, -0.1) is 0 Å². The number of para-hydroxylation sites is 1. The molecule has 0 fully saturated rings. The van der Waals surface area contributed by atoms with Crippen LogP contribution in [0.15, 0.2) is 24.3 Å². The van der Waals surface area contributed by atoms with Crippen LogP contribution in [0.3, 0.4) is 0 Å². The van der Waals surface area contributed by atoms with Gasteiger partial charge in [-0.3, -0.25) is 0 Å². The zero-order valence-corrected chi connectivity index (χ0v) is 10.7. The number of hydrogen-bond acceptors (Lipinski definition) is 3. The summed E-state index contributed by atoms with van der Waals surface area (Å²) in [5.41, 5.74) is 6.52. The fraction of sp³-hybridized carbons (Fsp3) is 0.500. The number of nitriles is 1. The molecular weight excluding hydrogens is 212 g/mol. The molecule has 17 heavy (non-hydrogen) atoms. The molecule has 1 rings (SSSR count). The summed E-state index contributed by atoms with van der Waals surface area (Å²) < 4.78 is 5.71. The molecule has 0 aromatic heterocycles. The molecule has 0 unspecified atom stereocenters. The lowest BCUT2D eigenvalue weighted by atomic mass is 9.92. The minimum Gasteiger partial charge on any atom is -0.493 e. The van der Waals surface area contributed by atoms with Gasteiger partial charge in [0.1, 0.15) is 5.75 Å². The Bertz CT molecular complexity index is 405. The Morgan fingerprint density at radius 1 is 1.41 bits per heavy atom. The topological polar surface area (TPSA) is 59.0 Å². The first kappa shape index (κ1) is 13.5. The largest absolute Gasteiger partial charge is 0.493 e. The first-order chi connectivity index (χ1) is 7.96. The molecule has 1 atom stereocenters. The molecule has 0 aliphatic heterocycles. The van der Waals surface area contributed by atoms with E-state index >= 15 is 0 Å². The highest BCUT2D eigenvalue weighted by atomic mass is 16.5. The van der Waals surface area contributed by atoms with Crippen LogP contribution >= 0.6 is 0 Å². The van der Waals surface area contributed by atoms with Crippen molar-refractivity contribution in [1.29, 1.82) is 5.26 Å². The predicted molar refractivity (Wildman–Crippen MR) is 68.6 cm³/mol. The smallest absolute Gasteiger partial charge is 0.124 e. The standard InChI is InChI=1S/C14H20N2O/c1-11(16)12-6-4-5-7-13(12)17-9-8-14(2,3)10-15/h4-7,11H,8-9,16H2,1-3H3/t11-/m0/s1. The van der Waals surface area contributed by atoms with Gasteiger partial charge in [0.25, 0.3) is 0 Å². The van der Waals surface area contributed by atoms with E-state index in [0.717, 1.165) is 11.3 Å². The lowest BCUT2D eigenvalue weighted by Crippen LogP contribution is -2.14. The zero-order chi connectivity index (χ0) is 12.9. The zero-order valence-electron chi connectivity index (χ0n) is 10.7. The Morgan fingerprint density at radius 3 is 2.65 bits per heavy atom. The van der Waals surface area contributed by atoms with Crippen LogP contribution in [0.5, 0.6) is 5.75 Å². The van der Waals surface area contributed by atoms with Gasteiger partial charge in [-0.05, 0) is 33.3 Å². The van der Waals surface area contributed by atoms with Crippen molar-refractivity contribution in [2.24, 2.45) is 11.1 Å². The Kier molecular flexibility index (Phi) is 4.53. The third kappa shape index (κ3) is 4.08. The maximum Gasteiger partial charge on any atom is 0.124 e. The summed E-state index contributed by atoms with van der Waals surface area (Å²) in [5, 5.41) is 8.91. The molecule has 2 N–H and O–H groups in total. The third-order valence-corrected chi connectivity index (χ3v) is 2.70. The highest BCUT2D eigenvalue weighted by Gasteiger charge is 2.17. The predicted octanol–water partition coefficient (Wildman–Crippen LogP) is 3.02. The molecule has 1 aromatic rings. The van der Waals surface area contributed by atoms with Gasteiger partial charge in [-0.2, -0.15) is 5.26 Å². The van der Waals surface area contributed by atoms with E-state index in [0.29, 0.717) is 13.0 Å². The van der Waals surface area contributed by atoms with Gasteiger partial charge in [0.05, 0.1) is 18.1 Å². The van der Waals surface area contributed by atoms with Crippen LogP contribution in [0.25, 0.3) is 0 Å². The lowest BCUT2D eigenvalue weighted by Gasteiger charge is -2.17. The Hall–Kier alpha value is -1.53. The quantitative estimate of drug-likeness (QED) is 0.848.